The van der Waals surface area contributed by atoms with Gasteiger partial charge in [0, 0.05) is 29.5 Å². The number of ether oxygens (including phenoxy) is 2. The molecule has 2 aromatic rings. The number of carbonyl (C=O) groups excluding carboxylic acids is 2. The van der Waals surface area contributed by atoms with Gasteiger partial charge in [0.2, 0.25) is 5.91 Å². The highest BCUT2D eigenvalue weighted by molar-refractivity contribution is 6.05. The lowest BCUT2D eigenvalue weighted by Gasteiger charge is -2.15. The molecule has 28 heavy (non-hydrogen) atoms. The van der Waals surface area contributed by atoms with E-state index in [0.717, 1.165) is 5.56 Å². The molecule has 0 aromatic heterocycles. The standard InChI is InChI=1S/C20H20N2O4.C2H6/c1-3-18(23)22(2)17-10-6-14(7-11-17)19(24)21-16-8-4-15(5-9-16)20-25-12-13-26-20;1-2/h3-11,20H,1,12-13H2,2H3,(H,21,24);1-2H3. The molecule has 1 heterocycles. The first-order chi connectivity index (χ1) is 13.6. The number of anilines is 2. The summed E-state index contributed by atoms with van der Waals surface area (Å²) in [5.41, 5.74) is 2.78. The summed E-state index contributed by atoms with van der Waals surface area (Å²) in [6, 6.07) is 14.1. The smallest absolute Gasteiger partial charge is 0.255 e. The van der Waals surface area contributed by atoms with Gasteiger partial charge in [0.25, 0.3) is 5.91 Å². The molecule has 148 valence electrons. The van der Waals surface area contributed by atoms with Gasteiger partial charge in [-0.25, -0.2) is 0 Å². The molecule has 2 aromatic carbocycles. The van der Waals surface area contributed by atoms with Crippen molar-refractivity contribution in [2.75, 3.05) is 30.5 Å². The molecular weight excluding hydrogens is 356 g/mol. The lowest BCUT2D eigenvalue weighted by molar-refractivity contribution is -0.113. The third-order valence-corrected chi connectivity index (χ3v) is 4.08. The highest BCUT2D eigenvalue weighted by atomic mass is 16.7. The van der Waals surface area contributed by atoms with Crippen molar-refractivity contribution in [3.05, 3.63) is 72.3 Å². The lowest BCUT2D eigenvalue weighted by Crippen LogP contribution is -2.23. The summed E-state index contributed by atoms with van der Waals surface area (Å²) in [6.07, 6.45) is 0.911. The van der Waals surface area contributed by atoms with E-state index in [9.17, 15) is 9.59 Å². The number of benzene rings is 2. The summed E-state index contributed by atoms with van der Waals surface area (Å²) in [6.45, 7) is 8.64. The summed E-state index contributed by atoms with van der Waals surface area (Å²) >= 11 is 0. The Morgan fingerprint density at radius 2 is 1.61 bits per heavy atom. The van der Waals surface area contributed by atoms with E-state index in [1.54, 1.807) is 31.3 Å². The fourth-order valence-corrected chi connectivity index (χ4v) is 2.58. The predicted molar refractivity (Wildman–Crippen MR) is 110 cm³/mol. The summed E-state index contributed by atoms with van der Waals surface area (Å²) < 4.78 is 10.9. The molecule has 0 radical (unpaired) electrons. The van der Waals surface area contributed by atoms with Crippen molar-refractivity contribution in [2.45, 2.75) is 20.1 Å². The van der Waals surface area contributed by atoms with Gasteiger partial charge in [0.1, 0.15) is 0 Å². The second-order valence-corrected chi connectivity index (χ2v) is 5.80. The van der Waals surface area contributed by atoms with Crippen LogP contribution in [0.3, 0.4) is 0 Å². The van der Waals surface area contributed by atoms with Crippen LogP contribution in [0, 0.1) is 0 Å². The summed E-state index contributed by atoms with van der Waals surface area (Å²) in [5.74, 6) is -0.437. The van der Waals surface area contributed by atoms with Crippen LogP contribution in [-0.2, 0) is 14.3 Å². The van der Waals surface area contributed by atoms with Crippen molar-refractivity contribution in [1.82, 2.24) is 0 Å². The van der Waals surface area contributed by atoms with Crippen LogP contribution in [0.15, 0.2) is 61.2 Å². The summed E-state index contributed by atoms with van der Waals surface area (Å²) in [5, 5.41) is 2.84. The number of rotatable bonds is 5. The van der Waals surface area contributed by atoms with Crippen LogP contribution < -0.4 is 10.2 Å². The van der Waals surface area contributed by atoms with Crippen molar-refractivity contribution in [3.63, 3.8) is 0 Å². The second kappa shape index (κ2) is 10.4. The van der Waals surface area contributed by atoms with E-state index in [2.05, 4.69) is 11.9 Å². The average Bonchev–Trinajstić information content (AvgIpc) is 3.29. The number of likely N-dealkylation sites (N-methyl/N-ethyl adjacent to an activating group) is 1. The van der Waals surface area contributed by atoms with E-state index in [1.807, 2.05) is 38.1 Å². The largest absolute Gasteiger partial charge is 0.346 e. The van der Waals surface area contributed by atoms with Gasteiger partial charge in [-0.3, -0.25) is 9.59 Å². The summed E-state index contributed by atoms with van der Waals surface area (Å²) in [7, 11) is 1.65. The zero-order chi connectivity index (χ0) is 20.5. The van der Waals surface area contributed by atoms with Crippen LogP contribution in [0.1, 0.15) is 36.1 Å². The molecule has 1 N–H and O–H groups in total. The molecule has 1 aliphatic rings. The molecule has 0 aliphatic carbocycles. The number of carbonyl (C=O) groups is 2. The van der Waals surface area contributed by atoms with Gasteiger partial charge in [-0.15, -0.1) is 0 Å². The Bertz CT molecular complexity index is 794. The van der Waals surface area contributed by atoms with Gasteiger partial charge >= 0.3 is 0 Å². The molecule has 0 spiro atoms. The third kappa shape index (κ3) is 5.28. The minimum atomic E-state index is -0.331. The van der Waals surface area contributed by atoms with E-state index in [0.29, 0.717) is 30.2 Å². The Labute approximate surface area is 165 Å². The molecule has 6 heteroatoms. The number of nitrogens with zero attached hydrogens (tertiary/aromatic N) is 1. The molecule has 3 rings (SSSR count). The second-order valence-electron chi connectivity index (χ2n) is 5.80. The number of hydrogen-bond acceptors (Lipinski definition) is 4. The molecule has 0 saturated carbocycles. The Kier molecular flexibility index (Phi) is 7.92. The van der Waals surface area contributed by atoms with E-state index in [1.165, 1.54) is 11.0 Å². The normalized spacial score (nSPS) is 13.2. The van der Waals surface area contributed by atoms with E-state index >= 15 is 0 Å². The van der Waals surface area contributed by atoms with Gasteiger partial charge in [0.05, 0.1) is 13.2 Å². The molecule has 1 fully saturated rings. The molecule has 1 saturated heterocycles. The first-order valence-corrected chi connectivity index (χ1v) is 9.23. The molecule has 6 nitrogen and oxygen atoms in total. The van der Waals surface area contributed by atoms with Crippen molar-refractivity contribution >= 4 is 23.2 Å². The Hall–Kier alpha value is -2.96. The van der Waals surface area contributed by atoms with Crippen molar-refractivity contribution in [1.29, 1.82) is 0 Å². The van der Waals surface area contributed by atoms with Crippen LogP contribution in [0.2, 0.25) is 0 Å². The molecule has 0 bridgehead atoms. The monoisotopic (exact) mass is 382 g/mol. The zero-order valence-corrected chi connectivity index (χ0v) is 16.5. The van der Waals surface area contributed by atoms with Gasteiger partial charge in [-0.2, -0.15) is 0 Å². The van der Waals surface area contributed by atoms with Gasteiger partial charge < -0.3 is 19.7 Å². The fourth-order valence-electron chi connectivity index (χ4n) is 2.58. The average molecular weight is 382 g/mol. The molecular formula is C22H26N2O4. The number of nitrogens with one attached hydrogen (secondary N) is 1. The van der Waals surface area contributed by atoms with Crippen molar-refractivity contribution in [3.8, 4) is 0 Å². The minimum Gasteiger partial charge on any atom is -0.346 e. The highest BCUT2D eigenvalue weighted by Crippen LogP contribution is 2.24. The Morgan fingerprint density at radius 1 is 1.04 bits per heavy atom. The number of hydrogen-bond donors (Lipinski definition) is 1. The van der Waals surface area contributed by atoms with Gasteiger partial charge in [-0.05, 0) is 42.5 Å². The first kappa shape index (κ1) is 21.3. The quantitative estimate of drug-likeness (QED) is 0.789. The Balaban J connectivity index is 0.00000136. The van der Waals surface area contributed by atoms with Crippen LogP contribution >= 0.6 is 0 Å². The maximum Gasteiger partial charge on any atom is 0.255 e. The maximum atomic E-state index is 12.4. The van der Waals surface area contributed by atoms with Gasteiger partial charge in [-0.1, -0.05) is 32.6 Å². The topological polar surface area (TPSA) is 67.9 Å². The molecule has 1 aliphatic heterocycles. The van der Waals surface area contributed by atoms with E-state index in [4.69, 9.17) is 9.47 Å². The van der Waals surface area contributed by atoms with E-state index in [-0.39, 0.29) is 18.1 Å². The van der Waals surface area contributed by atoms with Crippen LogP contribution in [-0.4, -0.2) is 32.1 Å². The zero-order valence-electron chi connectivity index (χ0n) is 16.5. The first-order valence-electron chi connectivity index (χ1n) is 9.23. The number of amides is 2. The SMILES string of the molecule is C=CC(=O)N(C)c1ccc(C(=O)Nc2ccc(C3OCCO3)cc2)cc1.CC. The van der Waals surface area contributed by atoms with Crippen LogP contribution in [0.4, 0.5) is 11.4 Å². The molecule has 0 atom stereocenters. The summed E-state index contributed by atoms with van der Waals surface area (Å²) in [4.78, 5) is 25.4. The molecule has 0 unspecified atom stereocenters. The third-order valence-electron chi connectivity index (χ3n) is 4.08. The predicted octanol–water partition coefficient (Wildman–Crippen LogP) is 4.16. The van der Waals surface area contributed by atoms with Crippen LogP contribution in [0.25, 0.3) is 0 Å². The Morgan fingerprint density at radius 3 is 2.14 bits per heavy atom. The van der Waals surface area contributed by atoms with Gasteiger partial charge in [0.15, 0.2) is 6.29 Å². The highest BCUT2D eigenvalue weighted by Gasteiger charge is 2.18. The van der Waals surface area contributed by atoms with Crippen molar-refractivity contribution < 1.29 is 19.1 Å². The maximum absolute atomic E-state index is 12.4. The molecule has 2 amide bonds. The minimum absolute atomic E-state index is 0.211. The fraction of sp³-hybridized carbons (Fsp3) is 0.273. The van der Waals surface area contributed by atoms with Crippen LogP contribution in [0.5, 0.6) is 0 Å². The van der Waals surface area contributed by atoms with E-state index < -0.39 is 0 Å². The lowest BCUT2D eigenvalue weighted by atomic mass is 10.1. The van der Waals surface area contributed by atoms with Crippen molar-refractivity contribution in [2.24, 2.45) is 0 Å².